The molecule has 1 atom stereocenters. The van der Waals surface area contributed by atoms with Gasteiger partial charge in [-0.3, -0.25) is 9.59 Å². The van der Waals surface area contributed by atoms with Gasteiger partial charge in [-0.1, -0.05) is 45.0 Å². The molecular weight excluding hydrogens is 428 g/mol. The Labute approximate surface area is 202 Å². The Morgan fingerprint density at radius 2 is 1.74 bits per heavy atom. The van der Waals surface area contributed by atoms with Crippen LogP contribution in [-0.4, -0.2) is 48.4 Å². The summed E-state index contributed by atoms with van der Waals surface area (Å²) in [6.45, 7) is 7.52. The van der Waals surface area contributed by atoms with Crippen molar-refractivity contribution in [3.63, 3.8) is 0 Å². The van der Waals surface area contributed by atoms with Crippen molar-refractivity contribution in [2.75, 3.05) is 20.1 Å². The van der Waals surface area contributed by atoms with E-state index in [9.17, 15) is 14.9 Å². The number of ether oxygens (including phenoxy) is 1. The van der Waals surface area contributed by atoms with Crippen LogP contribution in [0.25, 0.3) is 0 Å². The summed E-state index contributed by atoms with van der Waals surface area (Å²) in [7, 11) is 2.00. The molecule has 3 rings (SSSR count). The highest BCUT2D eigenvalue weighted by Gasteiger charge is 2.38. The fourth-order valence-electron chi connectivity index (χ4n) is 3.98. The summed E-state index contributed by atoms with van der Waals surface area (Å²) >= 11 is 0. The monoisotopic (exact) mass is 462 g/mol. The lowest BCUT2D eigenvalue weighted by Gasteiger charge is -2.37. The highest BCUT2D eigenvalue weighted by atomic mass is 16.5. The minimum atomic E-state index is -0.909. The quantitative estimate of drug-likeness (QED) is 0.646. The topological polar surface area (TPSA) is 94.5 Å². The average molecular weight is 463 g/mol. The van der Waals surface area contributed by atoms with Crippen LogP contribution in [0.4, 0.5) is 0 Å². The number of hydrogen-bond acceptors (Lipinski definition) is 5. The molecule has 7 nitrogen and oxygen atoms in total. The first-order chi connectivity index (χ1) is 16.1. The minimum Gasteiger partial charge on any atom is -0.457 e. The third kappa shape index (κ3) is 7.06. The molecule has 0 radical (unpaired) electrons. The van der Waals surface area contributed by atoms with Gasteiger partial charge in [-0.05, 0) is 62.1 Å². The van der Waals surface area contributed by atoms with Gasteiger partial charge in [0.15, 0.2) is 0 Å². The summed E-state index contributed by atoms with van der Waals surface area (Å²) in [5.74, 6) is 0.513. The van der Waals surface area contributed by atoms with E-state index in [0.29, 0.717) is 36.3 Å². The highest BCUT2D eigenvalue weighted by Crippen LogP contribution is 2.25. The SMILES string of the molecule is CN1CCC(C#N)(NC(=O)C(CC(C)(C)C)NC(=O)c2cccc(Oc3ccccc3)c2)CC1. The molecule has 2 aromatic rings. The number of nitrogens with zero attached hydrogens (tertiary/aromatic N) is 2. The molecule has 7 heteroatoms. The lowest BCUT2D eigenvalue weighted by Crippen LogP contribution is -2.59. The largest absolute Gasteiger partial charge is 0.457 e. The van der Waals surface area contributed by atoms with Crippen LogP contribution in [0, 0.1) is 16.7 Å². The van der Waals surface area contributed by atoms with Crippen LogP contribution in [0.2, 0.25) is 0 Å². The maximum Gasteiger partial charge on any atom is 0.252 e. The smallest absolute Gasteiger partial charge is 0.252 e. The Balaban J connectivity index is 1.74. The second kappa shape index (κ2) is 10.7. The predicted molar refractivity (Wildman–Crippen MR) is 132 cm³/mol. The van der Waals surface area contributed by atoms with E-state index >= 15 is 0 Å². The first-order valence-corrected chi connectivity index (χ1v) is 11.6. The van der Waals surface area contributed by atoms with E-state index in [1.54, 1.807) is 24.3 Å². The summed E-state index contributed by atoms with van der Waals surface area (Å²) in [5.41, 5.74) is -0.719. The maximum absolute atomic E-state index is 13.3. The summed E-state index contributed by atoms with van der Waals surface area (Å²) in [6, 6.07) is 17.7. The Hall–Kier alpha value is -3.37. The van der Waals surface area contributed by atoms with Gasteiger partial charge in [-0.15, -0.1) is 0 Å². The summed E-state index contributed by atoms with van der Waals surface area (Å²) in [5, 5.41) is 15.7. The number of nitriles is 1. The van der Waals surface area contributed by atoms with E-state index in [0.717, 1.165) is 13.1 Å². The van der Waals surface area contributed by atoms with Crippen LogP contribution >= 0.6 is 0 Å². The van der Waals surface area contributed by atoms with Gasteiger partial charge in [0.1, 0.15) is 23.1 Å². The van der Waals surface area contributed by atoms with E-state index in [1.807, 2.05) is 58.2 Å². The molecule has 0 aliphatic carbocycles. The lowest BCUT2D eigenvalue weighted by molar-refractivity contribution is -0.125. The predicted octanol–water partition coefficient (Wildman–Crippen LogP) is 4.12. The van der Waals surface area contributed by atoms with Crippen molar-refractivity contribution in [1.29, 1.82) is 5.26 Å². The first-order valence-electron chi connectivity index (χ1n) is 11.6. The molecule has 34 heavy (non-hydrogen) atoms. The molecule has 1 fully saturated rings. The Morgan fingerprint density at radius 3 is 2.35 bits per heavy atom. The number of hydrogen-bond donors (Lipinski definition) is 2. The standard InChI is InChI=1S/C27H34N4O3/c1-26(2,3)18-23(25(33)30-27(19-28)13-15-31(4)16-14-27)29-24(32)20-9-8-12-22(17-20)34-21-10-6-5-7-11-21/h5-12,17,23H,13-16,18H2,1-4H3,(H,29,32)(H,30,33). The number of nitrogens with one attached hydrogen (secondary N) is 2. The third-order valence-electron chi connectivity index (χ3n) is 5.93. The maximum atomic E-state index is 13.3. The molecule has 1 aliphatic rings. The van der Waals surface area contributed by atoms with Gasteiger partial charge in [0, 0.05) is 18.7 Å². The van der Waals surface area contributed by atoms with Crippen molar-refractivity contribution >= 4 is 11.8 Å². The van der Waals surface area contributed by atoms with E-state index in [2.05, 4.69) is 21.6 Å². The van der Waals surface area contributed by atoms with Crippen molar-refractivity contribution < 1.29 is 14.3 Å². The zero-order valence-electron chi connectivity index (χ0n) is 20.4. The molecular formula is C27H34N4O3. The normalized spacial score (nSPS) is 16.7. The molecule has 2 aromatic carbocycles. The minimum absolute atomic E-state index is 0.208. The number of carbonyl (C=O) groups is 2. The van der Waals surface area contributed by atoms with Gasteiger partial charge >= 0.3 is 0 Å². The van der Waals surface area contributed by atoms with Gasteiger partial charge in [-0.2, -0.15) is 5.26 Å². The van der Waals surface area contributed by atoms with Crippen molar-refractivity contribution in [3.8, 4) is 17.6 Å². The van der Waals surface area contributed by atoms with Crippen molar-refractivity contribution in [3.05, 3.63) is 60.2 Å². The fourth-order valence-corrected chi connectivity index (χ4v) is 3.98. The van der Waals surface area contributed by atoms with E-state index in [4.69, 9.17) is 4.74 Å². The zero-order valence-corrected chi connectivity index (χ0v) is 20.4. The first kappa shape index (κ1) is 25.3. The molecule has 1 saturated heterocycles. The van der Waals surface area contributed by atoms with Gasteiger partial charge < -0.3 is 20.3 Å². The number of likely N-dealkylation sites (tertiary alicyclic amines) is 1. The summed E-state index contributed by atoms with van der Waals surface area (Å²) in [6.07, 6.45) is 1.55. The molecule has 0 saturated carbocycles. The van der Waals surface area contributed by atoms with Gasteiger partial charge in [0.2, 0.25) is 5.91 Å². The molecule has 0 bridgehead atoms. The lowest BCUT2D eigenvalue weighted by atomic mass is 9.85. The number of para-hydroxylation sites is 1. The van der Waals surface area contributed by atoms with Gasteiger partial charge in [0.05, 0.1) is 6.07 Å². The third-order valence-corrected chi connectivity index (χ3v) is 5.93. The van der Waals surface area contributed by atoms with E-state index in [1.165, 1.54) is 0 Å². The molecule has 0 aromatic heterocycles. The van der Waals surface area contributed by atoms with Gasteiger partial charge in [0.25, 0.3) is 5.91 Å². The Morgan fingerprint density at radius 1 is 1.09 bits per heavy atom. The average Bonchev–Trinajstić information content (AvgIpc) is 2.80. The second-order valence-electron chi connectivity index (χ2n) is 10.2. The Kier molecular flexibility index (Phi) is 7.95. The Bertz CT molecular complexity index is 1030. The van der Waals surface area contributed by atoms with Crippen LogP contribution in [0.1, 0.15) is 50.4 Å². The summed E-state index contributed by atoms with van der Waals surface area (Å²) < 4.78 is 5.84. The molecule has 2 N–H and O–H groups in total. The van der Waals surface area contributed by atoms with Crippen LogP contribution in [0.15, 0.2) is 54.6 Å². The number of piperidine rings is 1. The van der Waals surface area contributed by atoms with Crippen molar-refractivity contribution in [1.82, 2.24) is 15.5 Å². The molecule has 2 amide bonds. The van der Waals surface area contributed by atoms with E-state index in [-0.39, 0.29) is 17.2 Å². The zero-order chi connectivity index (χ0) is 24.8. The molecule has 1 heterocycles. The highest BCUT2D eigenvalue weighted by molar-refractivity contribution is 5.98. The number of carbonyl (C=O) groups excluding carboxylic acids is 2. The molecule has 0 spiro atoms. The summed E-state index contributed by atoms with van der Waals surface area (Å²) in [4.78, 5) is 28.6. The van der Waals surface area contributed by atoms with E-state index < -0.39 is 11.6 Å². The van der Waals surface area contributed by atoms with Crippen molar-refractivity contribution in [2.45, 2.75) is 51.6 Å². The number of rotatable bonds is 7. The number of amides is 2. The molecule has 1 aliphatic heterocycles. The van der Waals surface area contributed by atoms with Crippen LogP contribution in [-0.2, 0) is 4.79 Å². The molecule has 180 valence electrons. The molecule has 1 unspecified atom stereocenters. The fraction of sp³-hybridized carbons (Fsp3) is 0.444. The number of benzene rings is 2. The second-order valence-corrected chi connectivity index (χ2v) is 10.2. The van der Waals surface area contributed by atoms with Crippen LogP contribution in [0.3, 0.4) is 0 Å². The van der Waals surface area contributed by atoms with Crippen LogP contribution in [0.5, 0.6) is 11.5 Å². The van der Waals surface area contributed by atoms with Crippen LogP contribution < -0.4 is 15.4 Å². The van der Waals surface area contributed by atoms with Gasteiger partial charge in [-0.25, -0.2) is 0 Å². The van der Waals surface area contributed by atoms with Crippen molar-refractivity contribution in [2.24, 2.45) is 5.41 Å².